The van der Waals surface area contributed by atoms with Gasteiger partial charge in [0, 0.05) is 24.2 Å². The van der Waals surface area contributed by atoms with Gasteiger partial charge in [0.25, 0.3) is 0 Å². The van der Waals surface area contributed by atoms with Crippen molar-refractivity contribution in [1.82, 2.24) is 4.90 Å². The molecule has 0 radical (unpaired) electrons. The Hall–Kier alpha value is -3.11. The van der Waals surface area contributed by atoms with Crippen LogP contribution in [0, 0.1) is 17.1 Å². The molecule has 178 valence electrons. The standard InChI is InChI=1S/C27H23Cl2FN4O/c28-22-2-1-3-23(25(22)29)32-26(35)34-17-27(21-14-20(30)8-9-24(21)34)10-12-33(13-11-27)16-19-6-4-18(15-31)5-7-19/h1-9,14H,10-13,16-17H2,(H,32,35). The number of halogens is 3. The monoisotopic (exact) mass is 508 g/mol. The van der Waals surface area contributed by atoms with Crippen molar-refractivity contribution >= 4 is 40.6 Å². The van der Waals surface area contributed by atoms with Gasteiger partial charge in [-0.05, 0) is 79.5 Å². The highest BCUT2D eigenvalue weighted by molar-refractivity contribution is 6.44. The molecule has 1 saturated heterocycles. The van der Waals surface area contributed by atoms with E-state index >= 15 is 0 Å². The molecular weight excluding hydrogens is 486 g/mol. The molecule has 2 amide bonds. The van der Waals surface area contributed by atoms with Crippen molar-refractivity contribution in [2.75, 3.05) is 29.9 Å². The molecular formula is C27H23Cl2FN4O. The van der Waals surface area contributed by atoms with Gasteiger partial charge >= 0.3 is 6.03 Å². The second-order valence-corrected chi connectivity index (χ2v) is 9.93. The average Bonchev–Trinajstić information content (AvgIpc) is 3.17. The summed E-state index contributed by atoms with van der Waals surface area (Å²) in [6.07, 6.45) is 1.61. The number of benzene rings is 3. The molecule has 0 aliphatic carbocycles. The number of fused-ring (bicyclic) bond motifs is 2. The summed E-state index contributed by atoms with van der Waals surface area (Å²) in [7, 11) is 0. The van der Waals surface area contributed by atoms with Gasteiger partial charge in [0.2, 0.25) is 0 Å². The number of hydrogen-bond acceptors (Lipinski definition) is 3. The van der Waals surface area contributed by atoms with E-state index in [0.29, 0.717) is 22.8 Å². The first-order chi connectivity index (χ1) is 16.9. The first kappa shape index (κ1) is 23.6. The molecule has 3 aromatic rings. The summed E-state index contributed by atoms with van der Waals surface area (Å²) in [5.74, 6) is -0.303. The van der Waals surface area contributed by atoms with Gasteiger partial charge in [-0.15, -0.1) is 0 Å². The first-order valence-electron chi connectivity index (χ1n) is 11.4. The number of nitrogens with one attached hydrogen (secondary N) is 1. The van der Waals surface area contributed by atoms with Crippen molar-refractivity contribution in [3.05, 3.63) is 93.2 Å². The van der Waals surface area contributed by atoms with E-state index in [9.17, 15) is 9.18 Å². The molecule has 1 spiro atoms. The van der Waals surface area contributed by atoms with E-state index in [4.69, 9.17) is 28.5 Å². The number of urea groups is 1. The Kier molecular flexibility index (Phi) is 6.41. The minimum Gasteiger partial charge on any atom is -0.306 e. The van der Waals surface area contributed by atoms with E-state index in [0.717, 1.165) is 49.3 Å². The number of piperidine rings is 1. The maximum absolute atomic E-state index is 14.3. The van der Waals surface area contributed by atoms with Gasteiger partial charge in [-0.25, -0.2) is 9.18 Å². The normalized spacial score (nSPS) is 16.7. The molecule has 1 fully saturated rings. The van der Waals surface area contributed by atoms with Crippen LogP contribution in [0.15, 0.2) is 60.7 Å². The maximum atomic E-state index is 14.3. The number of amides is 2. The highest BCUT2D eigenvalue weighted by atomic mass is 35.5. The lowest BCUT2D eigenvalue weighted by molar-refractivity contribution is 0.160. The van der Waals surface area contributed by atoms with Crippen LogP contribution in [0.25, 0.3) is 0 Å². The number of carbonyl (C=O) groups is 1. The molecule has 5 rings (SSSR count). The third kappa shape index (κ3) is 4.60. The van der Waals surface area contributed by atoms with Crippen molar-refractivity contribution in [2.45, 2.75) is 24.8 Å². The largest absolute Gasteiger partial charge is 0.326 e. The summed E-state index contributed by atoms with van der Waals surface area (Å²) in [5.41, 5.74) is 3.52. The number of hydrogen-bond donors (Lipinski definition) is 1. The molecule has 0 unspecified atom stereocenters. The van der Waals surface area contributed by atoms with E-state index in [1.165, 1.54) is 6.07 Å². The lowest BCUT2D eigenvalue weighted by atomic mass is 9.74. The summed E-state index contributed by atoms with van der Waals surface area (Å²) in [6, 6.07) is 19.2. The second kappa shape index (κ2) is 9.50. The topological polar surface area (TPSA) is 59.4 Å². The van der Waals surface area contributed by atoms with Gasteiger partial charge in [0.05, 0.1) is 27.4 Å². The van der Waals surface area contributed by atoms with Crippen molar-refractivity contribution in [3.8, 4) is 6.07 Å². The van der Waals surface area contributed by atoms with Gasteiger partial charge < -0.3 is 5.32 Å². The highest BCUT2D eigenvalue weighted by Gasteiger charge is 2.46. The van der Waals surface area contributed by atoms with E-state index in [-0.39, 0.29) is 22.3 Å². The fraction of sp³-hybridized carbons (Fsp3) is 0.259. The van der Waals surface area contributed by atoms with Crippen molar-refractivity contribution < 1.29 is 9.18 Å². The van der Waals surface area contributed by atoms with Gasteiger partial charge in [0.15, 0.2) is 0 Å². The lowest BCUT2D eigenvalue weighted by Crippen LogP contribution is -2.46. The Morgan fingerprint density at radius 2 is 1.83 bits per heavy atom. The number of carbonyl (C=O) groups excluding carboxylic acids is 1. The molecule has 0 saturated carbocycles. The molecule has 3 aromatic carbocycles. The summed E-state index contributed by atoms with van der Waals surface area (Å²) in [5, 5.41) is 12.5. The van der Waals surface area contributed by atoms with Crippen LogP contribution in [0.1, 0.15) is 29.5 Å². The molecule has 35 heavy (non-hydrogen) atoms. The molecule has 2 aliphatic heterocycles. The first-order valence-corrected chi connectivity index (χ1v) is 12.2. The Morgan fingerprint density at radius 3 is 2.54 bits per heavy atom. The minimum absolute atomic E-state index is 0.284. The van der Waals surface area contributed by atoms with Crippen LogP contribution in [-0.2, 0) is 12.0 Å². The number of nitrogens with zero attached hydrogens (tertiary/aromatic N) is 3. The predicted molar refractivity (Wildman–Crippen MR) is 137 cm³/mol. The van der Waals surface area contributed by atoms with Crippen molar-refractivity contribution in [2.24, 2.45) is 0 Å². The molecule has 0 atom stereocenters. The summed E-state index contributed by atoms with van der Waals surface area (Å²) in [6.45, 7) is 2.91. The Bertz CT molecular complexity index is 1310. The predicted octanol–water partition coefficient (Wildman–Crippen LogP) is 6.59. The molecule has 2 heterocycles. The van der Waals surface area contributed by atoms with Crippen LogP contribution in [0.5, 0.6) is 0 Å². The smallest absolute Gasteiger partial charge is 0.306 e. The molecule has 0 aromatic heterocycles. The molecule has 0 bridgehead atoms. The summed E-state index contributed by atoms with van der Waals surface area (Å²) >= 11 is 12.4. The zero-order valence-corrected chi connectivity index (χ0v) is 20.4. The lowest BCUT2D eigenvalue weighted by Gasteiger charge is -2.40. The van der Waals surface area contributed by atoms with E-state index in [2.05, 4.69) is 16.3 Å². The molecule has 2 aliphatic rings. The fourth-order valence-corrected chi connectivity index (χ4v) is 5.46. The summed E-state index contributed by atoms with van der Waals surface area (Å²) < 4.78 is 14.3. The average molecular weight is 509 g/mol. The minimum atomic E-state index is -0.320. The quantitative estimate of drug-likeness (QED) is 0.434. The Morgan fingerprint density at radius 1 is 1.09 bits per heavy atom. The zero-order valence-electron chi connectivity index (χ0n) is 18.9. The number of nitriles is 1. The Balaban J connectivity index is 1.34. The zero-order chi connectivity index (χ0) is 24.6. The van der Waals surface area contributed by atoms with E-state index in [1.54, 1.807) is 35.2 Å². The van der Waals surface area contributed by atoms with Crippen LogP contribution in [0.3, 0.4) is 0 Å². The molecule has 5 nitrogen and oxygen atoms in total. The highest BCUT2D eigenvalue weighted by Crippen LogP contribution is 2.47. The third-order valence-corrected chi connectivity index (χ3v) is 7.84. The van der Waals surface area contributed by atoms with Gasteiger partial charge in [-0.3, -0.25) is 9.80 Å². The van der Waals surface area contributed by atoms with Gasteiger partial charge in [0.1, 0.15) is 5.82 Å². The molecule has 1 N–H and O–H groups in total. The number of anilines is 2. The SMILES string of the molecule is N#Cc1ccc(CN2CCC3(CC2)CN(C(=O)Nc2cccc(Cl)c2Cl)c2ccc(F)cc23)cc1. The second-order valence-electron chi connectivity index (χ2n) is 9.14. The van der Waals surface area contributed by atoms with Gasteiger partial charge in [-0.1, -0.05) is 41.4 Å². The molecule has 8 heteroatoms. The van der Waals surface area contributed by atoms with Crippen molar-refractivity contribution in [3.63, 3.8) is 0 Å². The van der Waals surface area contributed by atoms with Crippen molar-refractivity contribution in [1.29, 1.82) is 5.26 Å². The van der Waals surface area contributed by atoms with Crippen LogP contribution in [0.4, 0.5) is 20.6 Å². The van der Waals surface area contributed by atoms with E-state index < -0.39 is 0 Å². The number of likely N-dealkylation sites (tertiary alicyclic amines) is 1. The Labute approximate surface area is 213 Å². The van der Waals surface area contributed by atoms with Crippen LogP contribution in [-0.4, -0.2) is 30.6 Å². The number of rotatable bonds is 3. The summed E-state index contributed by atoms with van der Waals surface area (Å²) in [4.78, 5) is 17.3. The van der Waals surface area contributed by atoms with Crippen LogP contribution >= 0.6 is 23.2 Å². The van der Waals surface area contributed by atoms with Gasteiger partial charge in [-0.2, -0.15) is 5.26 Å². The van der Waals surface area contributed by atoms with Crippen LogP contribution < -0.4 is 10.2 Å². The maximum Gasteiger partial charge on any atom is 0.326 e. The third-order valence-electron chi connectivity index (χ3n) is 7.02. The van der Waals surface area contributed by atoms with E-state index in [1.807, 2.05) is 24.3 Å². The van der Waals surface area contributed by atoms with Crippen LogP contribution in [0.2, 0.25) is 10.0 Å². The fourth-order valence-electron chi connectivity index (χ4n) is 5.12.